The van der Waals surface area contributed by atoms with Crippen molar-refractivity contribution < 1.29 is 23.7 Å². The zero-order valence-electron chi connectivity index (χ0n) is 14.2. The number of para-hydroxylation sites is 3. The summed E-state index contributed by atoms with van der Waals surface area (Å²) >= 11 is 0. The molecule has 6 nitrogen and oxygen atoms in total. The second-order valence-electron chi connectivity index (χ2n) is 6.71. The van der Waals surface area contributed by atoms with Crippen LogP contribution in [0.4, 0.5) is 0 Å². The van der Waals surface area contributed by atoms with Crippen molar-refractivity contribution in [3.8, 4) is 23.0 Å². The first kappa shape index (κ1) is 15.4. The summed E-state index contributed by atoms with van der Waals surface area (Å²) < 4.78 is 22.7. The summed E-state index contributed by atoms with van der Waals surface area (Å²) in [6.07, 6.45) is 1.41. The van der Waals surface area contributed by atoms with Gasteiger partial charge in [-0.1, -0.05) is 24.3 Å². The normalized spacial score (nSPS) is 19.9. The smallest absolute Gasteiger partial charge is 0.267 e. The van der Waals surface area contributed by atoms with Gasteiger partial charge in [0.1, 0.15) is 6.61 Å². The van der Waals surface area contributed by atoms with E-state index < -0.39 is 6.10 Å². The molecule has 0 saturated heterocycles. The molecule has 5 rings (SSSR count). The first-order valence-electron chi connectivity index (χ1n) is 8.86. The molecule has 26 heavy (non-hydrogen) atoms. The molecule has 2 aromatic carbocycles. The average molecular weight is 353 g/mol. The largest absolute Gasteiger partial charge is 0.485 e. The number of benzene rings is 2. The van der Waals surface area contributed by atoms with E-state index in [0.29, 0.717) is 18.0 Å². The Balaban J connectivity index is 1.37. The zero-order valence-corrected chi connectivity index (χ0v) is 14.2. The van der Waals surface area contributed by atoms with Crippen molar-refractivity contribution in [3.63, 3.8) is 0 Å². The summed E-state index contributed by atoms with van der Waals surface area (Å²) in [4.78, 5) is 15.0. The molecule has 1 aliphatic carbocycles. The van der Waals surface area contributed by atoms with Crippen LogP contribution in [0.3, 0.4) is 0 Å². The Labute approximate surface area is 151 Å². The van der Waals surface area contributed by atoms with Gasteiger partial charge in [0.05, 0.1) is 0 Å². The van der Waals surface area contributed by atoms with Crippen LogP contribution >= 0.6 is 0 Å². The van der Waals surface area contributed by atoms with Crippen molar-refractivity contribution in [2.75, 3.05) is 13.4 Å². The van der Waals surface area contributed by atoms with E-state index in [1.807, 2.05) is 47.4 Å². The first-order chi connectivity index (χ1) is 12.8. The van der Waals surface area contributed by atoms with Crippen LogP contribution in [0.1, 0.15) is 18.4 Å². The SMILES string of the molecule is O=C([C@H]1COc2ccccc2O1)N(Cc1cccc2c1OCO2)C1CC1. The Morgan fingerprint density at radius 2 is 1.77 bits per heavy atom. The number of hydrogen-bond acceptors (Lipinski definition) is 5. The van der Waals surface area contributed by atoms with E-state index in [1.165, 1.54) is 0 Å². The molecule has 0 radical (unpaired) electrons. The molecular formula is C20H19NO5. The van der Waals surface area contributed by atoms with Crippen LogP contribution in [0, 0.1) is 0 Å². The molecule has 1 atom stereocenters. The fourth-order valence-corrected chi connectivity index (χ4v) is 3.40. The van der Waals surface area contributed by atoms with E-state index in [1.54, 1.807) is 0 Å². The van der Waals surface area contributed by atoms with Gasteiger partial charge in [0.15, 0.2) is 23.0 Å². The Morgan fingerprint density at radius 1 is 0.962 bits per heavy atom. The summed E-state index contributed by atoms with van der Waals surface area (Å²) in [5.41, 5.74) is 0.956. The maximum atomic E-state index is 13.1. The average Bonchev–Trinajstić information content (AvgIpc) is 3.41. The molecule has 134 valence electrons. The minimum absolute atomic E-state index is 0.0430. The third kappa shape index (κ3) is 2.71. The molecule has 3 aliphatic rings. The van der Waals surface area contributed by atoms with Crippen LogP contribution < -0.4 is 18.9 Å². The van der Waals surface area contributed by atoms with Crippen LogP contribution in [-0.2, 0) is 11.3 Å². The highest BCUT2D eigenvalue weighted by Crippen LogP contribution is 2.38. The maximum absolute atomic E-state index is 13.1. The van der Waals surface area contributed by atoms with Gasteiger partial charge >= 0.3 is 0 Å². The van der Waals surface area contributed by atoms with E-state index in [4.69, 9.17) is 18.9 Å². The van der Waals surface area contributed by atoms with Crippen molar-refractivity contribution in [1.82, 2.24) is 4.90 Å². The lowest BCUT2D eigenvalue weighted by molar-refractivity contribution is -0.142. The number of fused-ring (bicyclic) bond motifs is 2. The number of rotatable bonds is 4. The second kappa shape index (κ2) is 6.12. The minimum atomic E-state index is -0.626. The maximum Gasteiger partial charge on any atom is 0.267 e. The monoisotopic (exact) mass is 353 g/mol. The molecule has 2 heterocycles. The number of amides is 1. The predicted molar refractivity (Wildman–Crippen MR) is 92.5 cm³/mol. The molecule has 0 N–H and O–H groups in total. The van der Waals surface area contributed by atoms with Gasteiger partial charge in [-0.25, -0.2) is 0 Å². The van der Waals surface area contributed by atoms with Gasteiger partial charge in [-0.15, -0.1) is 0 Å². The second-order valence-corrected chi connectivity index (χ2v) is 6.71. The number of nitrogens with zero attached hydrogens (tertiary/aromatic N) is 1. The molecule has 6 heteroatoms. The minimum Gasteiger partial charge on any atom is -0.485 e. The fourth-order valence-electron chi connectivity index (χ4n) is 3.40. The van der Waals surface area contributed by atoms with E-state index in [-0.39, 0.29) is 25.3 Å². The lowest BCUT2D eigenvalue weighted by Gasteiger charge is -2.31. The van der Waals surface area contributed by atoms with E-state index in [2.05, 4.69) is 0 Å². The van der Waals surface area contributed by atoms with Crippen molar-refractivity contribution in [2.45, 2.75) is 31.5 Å². The van der Waals surface area contributed by atoms with E-state index in [9.17, 15) is 4.79 Å². The molecular weight excluding hydrogens is 334 g/mol. The van der Waals surface area contributed by atoms with Crippen LogP contribution in [0.2, 0.25) is 0 Å². The predicted octanol–water partition coefficient (Wildman–Crippen LogP) is 2.75. The third-order valence-electron chi connectivity index (χ3n) is 4.87. The van der Waals surface area contributed by atoms with Gasteiger partial charge in [0, 0.05) is 18.2 Å². The molecule has 0 spiro atoms. The zero-order chi connectivity index (χ0) is 17.5. The summed E-state index contributed by atoms with van der Waals surface area (Å²) in [5.74, 6) is 2.72. The highest BCUT2D eigenvalue weighted by atomic mass is 16.7. The lowest BCUT2D eigenvalue weighted by atomic mass is 10.1. The molecule has 1 saturated carbocycles. The fraction of sp³-hybridized carbons (Fsp3) is 0.350. The van der Waals surface area contributed by atoms with Crippen LogP contribution in [0.15, 0.2) is 42.5 Å². The van der Waals surface area contributed by atoms with Crippen molar-refractivity contribution in [3.05, 3.63) is 48.0 Å². The summed E-state index contributed by atoms with van der Waals surface area (Å²) in [7, 11) is 0. The Kier molecular flexibility index (Phi) is 3.62. The van der Waals surface area contributed by atoms with E-state index in [0.717, 1.165) is 29.9 Å². The van der Waals surface area contributed by atoms with Crippen LogP contribution in [0.5, 0.6) is 23.0 Å². The van der Waals surface area contributed by atoms with Crippen LogP contribution in [0.25, 0.3) is 0 Å². The standard InChI is InChI=1S/C20H19NO5/c22-20(18-11-23-15-5-1-2-6-16(15)26-18)21(14-8-9-14)10-13-4-3-7-17-19(13)25-12-24-17/h1-7,14,18H,8-12H2/t18-/m1/s1. The van der Waals surface area contributed by atoms with Gasteiger partial charge in [-0.3, -0.25) is 4.79 Å². The number of carbonyl (C=O) groups is 1. The van der Waals surface area contributed by atoms with Crippen molar-refractivity contribution >= 4 is 5.91 Å². The molecule has 1 fully saturated rings. The Morgan fingerprint density at radius 3 is 2.62 bits per heavy atom. The van der Waals surface area contributed by atoms with Gasteiger partial charge < -0.3 is 23.8 Å². The van der Waals surface area contributed by atoms with Crippen molar-refractivity contribution in [1.29, 1.82) is 0 Å². The third-order valence-corrected chi connectivity index (χ3v) is 4.87. The molecule has 0 aromatic heterocycles. The summed E-state index contributed by atoms with van der Waals surface area (Å²) in [6.45, 7) is 0.934. The summed E-state index contributed by atoms with van der Waals surface area (Å²) in [5, 5.41) is 0. The van der Waals surface area contributed by atoms with Gasteiger partial charge in [-0.2, -0.15) is 0 Å². The molecule has 0 bridgehead atoms. The number of ether oxygens (including phenoxy) is 4. The Bertz CT molecular complexity index is 848. The van der Waals surface area contributed by atoms with Crippen LogP contribution in [-0.4, -0.2) is 36.4 Å². The topological polar surface area (TPSA) is 57.2 Å². The quantitative estimate of drug-likeness (QED) is 0.846. The van der Waals surface area contributed by atoms with Crippen molar-refractivity contribution in [2.24, 2.45) is 0 Å². The molecule has 2 aromatic rings. The highest BCUT2D eigenvalue weighted by Gasteiger charge is 2.39. The Hall–Kier alpha value is -2.89. The molecule has 1 amide bonds. The van der Waals surface area contributed by atoms with Gasteiger partial charge in [0.2, 0.25) is 12.9 Å². The number of carbonyl (C=O) groups excluding carboxylic acids is 1. The first-order valence-corrected chi connectivity index (χ1v) is 8.86. The van der Waals surface area contributed by atoms with Gasteiger partial charge in [0.25, 0.3) is 5.91 Å². The highest BCUT2D eigenvalue weighted by molar-refractivity contribution is 5.82. The molecule has 2 aliphatic heterocycles. The lowest BCUT2D eigenvalue weighted by Crippen LogP contribution is -2.47. The summed E-state index contributed by atoms with van der Waals surface area (Å²) in [6, 6.07) is 13.5. The van der Waals surface area contributed by atoms with Gasteiger partial charge in [-0.05, 0) is 31.0 Å². The van der Waals surface area contributed by atoms with E-state index >= 15 is 0 Å². The molecule has 0 unspecified atom stereocenters. The number of hydrogen-bond donors (Lipinski definition) is 0.